The molecule has 1 aromatic rings. The van der Waals surface area contributed by atoms with Crippen LogP contribution in [0.1, 0.15) is 25.3 Å². The predicted molar refractivity (Wildman–Crippen MR) is 92.8 cm³/mol. The van der Waals surface area contributed by atoms with Crippen LogP contribution in [0.3, 0.4) is 0 Å². The van der Waals surface area contributed by atoms with E-state index in [1.807, 2.05) is 0 Å². The van der Waals surface area contributed by atoms with Crippen molar-refractivity contribution >= 4 is 11.9 Å². The minimum Gasteiger partial charge on any atom is -0.383 e. The number of carbonyl (C=O) groups is 2. The number of nitrogens with zero attached hydrogens (tertiary/aromatic N) is 1. The summed E-state index contributed by atoms with van der Waals surface area (Å²) < 4.78 is 17.9. The Kier molecular flexibility index (Phi) is 6.75. The predicted octanol–water partition coefficient (Wildman–Crippen LogP) is 1.65. The maximum absolute atomic E-state index is 13.1. The molecule has 1 atom stereocenters. The average Bonchev–Trinajstić information content (AvgIpc) is 2.99. The quantitative estimate of drug-likeness (QED) is 0.734. The molecule has 1 aliphatic rings. The molecule has 0 bridgehead atoms. The highest BCUT2D eigenvalue weighted by Crippen LogP contribution is 2.34. The molecule has 1 heterocycles. The van der Waals surface area contributed by atoms with Crippen molar-refractivity contribution in [3.63, 3.8) is 0 Å². The number of urea groups is 1. The van der Waals surface area contributed by atoms with Crippen LogP contribution in [-0.2, 0) is 14.9 Å². The highest BCUT2D eigenvalue weighted by molar-refractivity contribution is 5.78. The number of hydrogen-bond acceptors (Lipinski definition) is 3. The first kappa shape index (κ1) is 19.2. The molecule has 2 rings (SSSR count). The standard InChI is InChI=1S/C18H26FN3O3/c1-18(14-3-5-15(19)6-4-14)8-11-22(13-18)17(24)21-9-7-16(23)20-10-12-25-2/h3-6H,7-13H2,1-2H3,(H,20,23)(H,21,24). The van der Waals surface area contributed by atoms with Crippen molar-refractivity contribution < 1.29 is 18.7 Å². The molecule has 1 aromatic carbocycles. The summed E-state index contributed by atoms with van der Waals surface area (Å²) in [5, 5.41) is 5.49. The van der Waals surface area contributed by atoms with E-state index < -0.39 is 0 Å². The van der Waals surface area contributed by atoms with Gasteiger partial charge in [0, 0.05) is 45.1 Å². The Morgan fingerprint density at radius 2 is 1.96 bits per heavy atom. The molecular weight excluding hydrogens is 325 g/mol. The fourth-order valence-electron chi connectivity index (χ4n) is 3.00. The minimum atomic E-state index is -0.260. The molecule has 0 saturated carbocycles. The molecule has 2 N–H and O–H groups in total. The first-order valence-electron chi connectivity index (χ1n) is 8.49. The SMILES string of the molecule is COCCNC(=O)CCNC(=O)N1CCC(C)(c2ccc(F)cc2)C1. The van der Waals surface area contributed by atoms with Gasteiger partial charge < -0.3 is 20.3 Å². The van der Waals surface area contributed by atoms with E-state index in [4.69, 9.17) is 4.74 Å². The van der Waals surface area contributed by atoms with Gasteiger partial charge in [-0.05, 0) is 24.1 Å². The molecule has 0 spiro atoms. The number of nitrogens with one attached hydrogen (secondary N) is 2. The second-order valence-corrected chi connectivity index (χ2v) is 6.56. The Bertz CT molecular complexity index is 594. The Hall–Kier alpha value is -2.15. The third-order valence-corrected chi connectivity index (χ3v) is 4.56. The zero-order chi connectivity index (χ0) is 18.3. The van der Waals surface area contributed by atoms with Crippen LogP contribution in [0.2, 0.25) is 0 Å². The number of benzene rings is 1. The summed E-state index contributed by atoms with van der Waals surface area (Å²) in [7, 11) is 1.57. The van der Waals surface area contributed by atoms with Crippen molar-refractivity contribution in [3.8, 4) is 0 Å². The topological polar surface area (TPSA) is 70.7 Å². The Morgan fingerprint density at radius 1 is 1.24 bits per heavy atom. The van der Waals surface area contributed by atoms with Gasteiger partial charge in [0.15, 0.2) is 0 Å². The van der Waals surface area contributed by atoms with Crippen molar-refractivity contribution in [2.24, 2.45) is 0 Å². The molecule has 0 radical (unpaired) electrons. The molecule has 7 heteroatoms. The number of halogens is 1. The zero-order valence-electron chi connectivity index (χ0n) is 14.8. The summed E-state index contributed by atoms with van der Waals surface area (Å²) in [6, 6.07) is 6.29. The second-order valence-electron chi connectivity index (χ2n) is 6.56. The third-order valence-electron chi connectivity index (χ3n) is 4.56. The largest absolute Gasteiger partial charge is 0.383 e. The molecule has 25 heavy (non-hydrogen) atoms. The highest BCUT2D eigenvalue weighted by Gasteiger charge is 2.37. The monoisotopic (exact) mass is 351 g/mol. The van der Waals surface area contributed by atoms with E-state index in [-0.39, 0.29) is 29.6 Å². The van der Waals surface area contributed by atoms with Crippen LogP contribution >= 0.6 is 0 Å². The van der Waals surface area contributed by atoms with Gasteiger partial charge in [-0.15, -0.1) is 0 Å². The van der Waals surface area contributed by atoms with Gasteiger partial charge in [0.1, 0.15) is 5.82 Å². The number of methoxy groups -OCH3 is 1. The van der Waals surface area contributed by atoms with Crippen molar-refractivity contribution in [1.82, 2.24) is 15.5 Å². The lowest BCUT2D eigenvalue weighted by Crippen LogP contribution is -2.41. The molecule has 6 nitrogen and oxygen atoms in total. The van der Waals surface area contributed by atoms with Gasteiger partial charge in [-0.1, -0.05) is 19.1 Å². The number of likely N-dealkylation sites (tertiary alicyclic amines) is 1. The molecule has 1 fully saturated rings. The third kappa shape index (κ3) is 5.42. The first-order valence-corrected chi connectivity index (χ1v) is 8.49. The van der Waals surface area contributed by atoms with E-state index in [1.165, 1.54) is 12.1 Å². The molecule has 3 amide bonds. The molecule has 0 aromatic heterocycles. The number of rotatable bonds is 7. The minimum absolute atomic E-state index is 0.116. The van der Waals surface area contributed by atoms with Crippen molar-refractivity contribution in [3.05, 3.63) is 35.6 Å². The van der Waals surface area contributed by atoms with Crippen LogP contribution in [-0.4, -0.2) is 56.7 Å². The molecule has 0 aliphatic carbocycles. The van der Waals surface area contributed by atoms with E-state index in [1.54, 1.807) is 24.1 Å². The fraction of sp³-hybridized carbons (Fsp3) is 0.556. The number of ether oxygens (including phenoxy) is 1. The van der Waals surface area contributed by atoms with E-state index in [0.29, 0.717) is 32.8 Å². The molecule has 1 unspecified atom stereocenters. The van der Waals surface area contributed by atoms with Crippen LogP contribution in [0, 0.1) is 5.82 Å². The van der Waals surface area contributed by atoms with Crippen LogP contribution < -0.4 is 10.6 Å². The van der Waals surface area contributed by atoms with Crippen LogP contribution in [0.25, 0.3) is 0 Å². The van der Waals surface area contributed by atoms with Gasteiger partial charge in [0.05, 0.1) is 6.61 Å². The van der Waals surface area contributed by atoms with Crippen LogP contribution in [0.15, 0.2) is 24.3 Å². The summed E-state index contributed by atoms with van der Waals surface area (Å²) >= 11 is 0. The van der Waals surface area contributed by atoms with Gasteiger partial charge in [-0.3, -0.25) is 4.79 Å². The first-order chi connectivity index (χ1) is 11.9. The van der Waals surface area contributed by atoms with Gasteiger partial charge in [0.2, 0.25) is 5.91 Å². The average molecular weight is 351 g/mol. The summed E-state index contributed by atoms with van der Waals surface area (Å²) in [6.07, 6.45) is 1.06. The lowest BCUT2D eigenvalue weighted by Gasteiger charge is -2.25. The van der Waals surface area contributed by atoms with Crippen molar-refractivity contribution in [2.45, 2.75) is 25.2 Å². The maximum atomic E-state index is 13.1. The van der Waals surface area contributed by atoms with Crippen LogP contribution in [0.4, 0.5) is 9.18 Å². The number of hydrogen-bond donors (Lipinski definition) is 2. The van der Waals surface area contributed by atoms with Crippen molar-refractivity contribution in [1.29, 1.82) is 0 Å². The zero-order valence-corrected chi connectivity index (χ0v) is 14.8. The molecule has 138 valence electrons. The van der Waals surface area contributed by atoms with E-state index in [2.05, 4.69) is 17.6 Å². The molecule has 1 aliphatic heterocycles. The maximum Gasteiger partial charge on any atom is 0.317 e. The van der Waals surface area contributed by atoms with Gasteiger partial charge in [-0.2, -0.15) is 0 Å². The second kappa shape index (κ2) is 8.80. The lowest BCUT2D eigenvalue weighted by molar-refractivity contribution is -0.121. The summed E-state index contributed by atoms with van der Waals surface area (Å²) in [5.41, 5.74) is 0.851. The summed E-state index contributed by atoms with van der Waals surface area (Å²) in [5.74, 6) is -0.376. The van der Waals surface area contributed by atoms with E-state index >= 15 is 0 Å². The Morgan fingerprint density at radius 3 is 2.64 bits per heavy atom. The summed E-state index contributed by atoms with van der Waals surface area (Å²) in [4.78, 5) is 25.6. The molecular formula is C18H26FN3O3. The Balaban J connectivity index is 1.76. The smallest absolute Gasteiger partial charge is 0.317 e. The van der Waals surface area contributed by atoms with E-state index in [0.717, 1.165) is 12.0 Å². The van der Waals surface area contributed by atoms with Gasteiger partial charge >= 0.3 is 6.03 Å². The summed E-state index contributed by atoms with van der Waals surface area (Å²) in [6.45, 7) is 4.52. The normalized spacial score (nSPS) is 19.7. The van der Waals surface area contributed by atoms with Crippen LogP contribution in [0.5, 0.6) is 0 Å². The van der Waals surface area contributed by atoms with Gasteiger partial charge in [0.25, 0.3) is 0 Å². The highest BCUT2D eigenvalue weighted by atomic mass is 19.1. The molecule has 1 saturated heterocycles. The number of carbonyl (C=O) groups excluding carboxylic acids is 2. The lowest BCUT2D eigenvalue weighted by atomic mass is 9.82. The van der Waals surface area contributed by atoms with Gasteiger partial charge in [-0.25, -0.2) is 9.18 Å². The fourth-order valence-corrected chi connectivity index (χ4v) is 3.00. The Labute approximate surface area is 147 Å². The number of amides is 3. The van der Waals surface area contributed by atoms with E-state index in [9.17, 15) is 14.0 Å². The van der Waals surface area contributed by atoms with Crippen molar-refractivity contribution in [2.75, 3.05) is 39.9 Å².